The number of hydrogen-bond acceptors (Lipinski definition) is 6. The van der Waals surface area contributed by atoms with Crippen LogP contribution in [0.15, 0.2) is 67.0 Å². The highest BCUT2D eigenvalue weighted by Gasteiger charge is 2.13. The molecule has 0 aliphatic rings. The average molecular weight is 470 g/mol. The number of sulfonamides is 1. The Hall–Kier alpha value is -3.43. The van der Waals surface area contributed by atoms with Gasteiger partial charge >= 0.3 is 0 Å². The molecule has 10 heteroatoms. The Balaban J connectivity index is 1.44. The van der Waals surface area contributed by atoms with Crippen LogP contribution in [0.25, 0.3) is 5.82 Å². The van der Waals surface area contributed by atoms with Gasteiger partial charge in [-0.15, -0.1) is 0 Å². The normalized spacial score (nSPS) is 11.3. The first-order valence-electron chi connectivity index (χ1n) is 9.66. The van der Waals surface area contributed by atoms with Gasteiger partial charge in [0.25, 0.3) is 0 Å². The number of nitrogens with one attached hydrogen (secondary N) is 1. The highest BCUT2D eigenvalue weighted by molar-refractivity contribution is 7.91. The summed E-state index contributed by atoms with van der Waals surface area (Å²) >= 11 is 5.93. The molecule has 0 saturated heterocycles. The lowest BCUT2D eigenvalue weighted by Gasteiger charge is -2.10. The lowest BCUT2D eigenvalue weighted by atomic mass is 10.2. The topological polar surface area (TPSA) is 99.0 Å². The van der Waals surface area contributed by atoms with E-state index in [0.29, 0.717) is 33.7 Å². The Morgan fingerprint density at radius 2 is 1.81 bits per heavy atom. The number of rotatable bonds is 7. The quantitative estimate of drug-likeness (QED) is 0.422. The molecule has 0 aliphatic heterocycles. The van der Waals surface area contributed by atoms with Crippen molar-refractivity contribution in [1.29, 1.82) is 0 Å². The zero-order valence-corrected chi connectivity index (χ0v) is 18.9. The first-order valence-corrected chi connectivity index (χ1v) is 11.7. The van der Waals surface area contributed by atoms with Gasteiger partial charge in [-0.25, -0.2) is 23.1 Å². The Morgan fingerprint density at radius 3 is 2.50 bits per heavy atom. The monoisotopic (exact) mass is 469 g/mol. The van der Waals surface area contributed by atoms with Crippen LogP contribution in [0.5, 0.6) is 11.6 Å². The van der Waals surface area contributed by atoms with E-state index < -0.39 is 10.0 Å². The summed E-state index contributed by atoms with van der Waals surface area (Å²) in [5.41, 5.74) is 2.86. The van der Waals surface area contributed by atoms with E-state index in [-0.39, 0.29) is 5.75 Å². The minimum absolute atomic E-state index is 0.179. The van der Waals surface area contributed by atoms with Crippen molar-refractivity contribution >= 4 is 27.3 Å². The Morgan fingerprint density at radius 1 is 1.03 bits per heavy atom. The Kier molecular flexibility index (Phi) is 6.11. The maximum Gasteiger partial charge on any atom is 0.236 e. The molecule has 8 nitrogen and oxygen atoms in total. The van der Waals surface area contributed by atoms with Gasteiger partial charge in [-0.2, -0.15) is 5.10 Å². The summed E-state index contributed by atoms with van der Waals surface area (Å²) < 4.78 is 35.0. The zero-order chi connectivity index (χ0) is 22.7. The van der Waals surface area contributed by atoms with Crippen molar-refractivity contribution in [1.82, 2.24) is 19.7 Å². The number of halogens is 1. The van der Waals surface area contributed by atoms with Gasteiger partial charge in [0.05, 0.1) is 11.4 Å². The van der Waals surface area contributed by atoms with Gasteiger partial charge in [0.15, 0.2) is 5.82 Å². The molecule has 1 N–H and O–H groups in total. The van der Waals surface area contributed by atoms with Crippen LogP contribution in [0, 0.1) is 13.8 Å². The molecule has 0 aliphatic carbocycles. The van der Waals surface area contributed by atoms with E-state index in [2.05, 4.69) is 19.8 Å². The van der Waals surface area contributed by atoms with Crippen LogP contribution in [-0.2, 0) is 15.8 Å². The zero-order valence-electron chi connectivity index (χ0n) is 17.4. The van der Waals surface area contributed by atoms with Gasteiger partial charge < -0.3 is 4.74 Å². The van der Waals surface area contributed by atoms with Gasteiger partial charge in [-0.05, 0) is 61.9 Å². The molecule has 4 rings (SSSR count). The summed E-state index contributed by atoms with van der Waals surface area (Å²) in [7, 11) is -3.59. The SMILES string of the molecule is Cc1cc(C)n(-c2cc(Oc3ccc(NS(=O)(=O)Cc4cccc(Cl)c4)cc3)ncn2)n1. The maximum absolute atomic E-state index is 12.4. The molecule has 2 aromatic heterocycles. The van der Waals surface area contributed by atoms with E-state index >= 15 is 0 Å². The molecular weight excluding hydrogens is 450 g/mol. The number of benzene rings is 2. The van der Waals surface area contributed by atoms with Crippen LogP contribution < -0.4 is 9.46 Å². The first kappa shape index (κ1) is 21.8. The van der Waals surface area contributed by atoms with Crippen molar-refractivity contribution in [3.05, 3.63) is 89.0 Å². The molecule has 0 radical (unpaired) electrons. The predicted molar refractivity (Wildman–Crippen MR) is 123 cm³/mol. The third-order valence-corrected chi connectivity index (χ3v) is 5.95. The van der Waals surface area contributed by atoms with Crippen LogP contribution in [0.2, 0.25) is 5.02 Å². The minimum atomic E-state index is -3.59. The van der Waals surface area contributed by atoms with E-state index in [4.69, 9.17) is 16.3 Å². The molecular formula is C22H20ClN5O3S. The van der Waals surface area contributed by atoms with Gasteiger partial charge in [-0.3, -0.25) is 4.72 Å². The molecule has 0 saturated carbocycles. The standard InChI is InChI=1S/C22H20ClN5O3S/c1-15-10-16(2)28(26-15)21-12-22(25-14-24-21)31-20-8-6-19(7-9-20)27-32(29,30)13-17-4-3-5-18(23)11-17/h3-12,14,27H,13H2,1-2H3. The van der Waals surface area contributed by atoms with E-state index in [0.717, 1.165) is 11.4 Å². The fourth-order valence-corrected chi connectivity index (χ4v) is 4.53. The summed E-state index contributed by atoms with van der Waals surface area (Å²) in [5, 5.41) is 4.90. The molecule has 2 aromatic carbocycles. The predicted octanol–water partition coefficient (Wildman–Crippen LogP) is 4.67. The summed E-state index contributed by atoms with van der Waals surface area (Å²) in [4.78, 5) is 8.38. The van der Waals surface area contributed by atoms with Crippen molar-refractivity contribution in [3.8, 4) is 17.4 Å². The third kappa shape index (κ3) is 5.43. The van der Waals surface area contributed by atoms with E-state index in [9.17, 15) is 8.42 Å². The van der Waals surface area contributed by atoms with E-state index in [1.807, 2.05) is 19.9 Å². The summed E-state index contributed by atoms with van der Waals surface area (Å²) in [6.07, 6.45) is 1.40. The summed E-state index contributed by atoms with van der Waals surface area (Å²) in [6, 6.07) is 16.9. The van der Waals surface area contributed by atoms with Crippen molar-refractivity contribution in [3.63, 3.8) is 0 Å². The average Bonchev–Trinajstić information content (AvgIpc) is 3.07. The van der Waals surface area contributed by atoms with Gasteiger partial charge in [0, 0.05) is 22.5 Å². The smallest absolute Gasteiger partial charge is 0.236 e. The van der Waals surface area contributed by atoms with Crippen molar-refractivity contribution < 1.29 is 13.2 Å². The molecule has 4 aromatic rings. The second-order valence-corrected chi connectivity index (χ2v) is 9.33. The lowest BCUT2D eigenvalue weighted by molar-refractivity contribution is 0.460. The molecule has 164 valence electrons. The maximum atomic E-state index is 12.4. The highest BCUT2D eigenvalue weighted by Crippen LogP contribution is 2.24. The summed E-state index contributed by atoms with van der Waals surface area (Å²) in [6.45, 7) is 3.85. The van der Waals surface area contributed by atoms with Crippen LogP contribution in [0.4, 0.5) is 5.69 Å². The van der Waals surface area contributed by atoms with Crippen molar-refractivity contribution in [2.45, 2.75) is 19.6 Å². The Labute approximate surface area is 190 Å². The molecule has 0 amide bonds. The Bertz CT molecular complexity index is 1350. The number of ether oxygens (including phenoxy) is 1. The molecule has 2 heterocycles. The number of anilines is 1. The fourth-order valence-electron chi connectivity index (χ4n) is 3.14. The van der Waals surface area contributed by atoms with E-state index in [1.54, 1.807) is 59.3 Å². The molecule has 0 unspecified atom stereocenters. The number of aromatic nitrogens is 4. The van der Waals surface area contributed by atoms with Crippen LogP contribution in [0.3, 0.4) is 0 Å². The van der Waals surface area contributed by atoms with E-state index in [1.165, 1.54) is 6.33 Å². The number of aryl methyl sites for hydroxylation is 2. The minimum Gasteiger partial charge on any atom is -0.439 e. The van der Waals surface area contributed by atoms with Gasteiger partial charge in [0.2, 0.25) is 15.9 Å². The molecule has 32 heavy (non-hydrogen) atoms. The first-order chi connectivity index (χ1) is 15.3. The molecule has 0 atom stereocenters. The largest absolute Gasteiger partial charge is 0.439 e. The second-order valence-electron chi connectivity index (χ2n) is 7.17. The second kappa shape index (κ2) is 8.97. The highest BCUT2D eigenvalue weighted by atomic mass is 35.5. The number of nitrogens with zero attached hydrogens (tertiary/aromatic N) is 4. The van der Waals surface area contributed by atoms with Crippen LogP contribution in [-0.4, -0.2) is 28.2 Å². The number of hydrogen-bond donors (Lipinski definition) is 1. The van der Waals surface area contributed by atoms with Crippen LogP contribution in [0.1, 0.15) is 17.0 Å². The van der Waals surface area contributed by atoms with Gasteiger partial charge in [-0.1, -0.05) is 23.7 Å². The van der Waals surface area contributed by atoms with Crippen molar-refractivity contribution in [2.24, 2.45) is 0 Å². The van der Waals surface area contributed by atoms with Gasteiger partial charge in [0.1, 0.15) is 12.1 Å². The molecule has 0 bridgehead atoms. The van der Waals surface area contributed by atoms with Crippen molar-refractivity contribution in [2.75, 3.05) is 4.72 Å². The molecule has 0 spiro atoms. The van der Waals surface area contributed by atoms with Crippen LogP contribution >= 0.6 is 11.6 Å². The molecule has 0 fully saturated rings. The third-order valence-electron chi connectivity index (χ3n) is 4.45. The summed E-state index contributed by atoms with van der Waals surface area (Å²) in [5.74, 6) is 1.26. The fraction of sp³-hybridized carbons (Fsp3) is 0.136. The lowest BCUT2D eigenvalue weighted by Crippen LogP contribution is -2.15.